The summed E-state index contributed by atoms with van der Waals surface area (Å²) in [6.07, 6.45) is 12.0. The summed E-state index contributed by atoms with van der Waals surface area (Å²) in [6, 6.07) is 23.3. The molecule has 5 aromatic rings. The van der Waals surface area contributed by atoms with E-state index >= 15 is 0 Å². The Hall–Kier alpha value is -5.75. The number of piperidine rings is 1. The zero-order valence-corrected chi connectivity index (χ0v) is 42.5. The van der Waals surface area contributed by atoms with E-state index in [0.717, 1.165) is 62.5 Å². The van der Waals surface area contributed by atoms with E-state index in [1.165, 1.54) is 48.9 Å². The number of sulfonamides is 1. The van der Waals surface area contributed by atoms with Crippen molar-refractivity contribution in [1.82, 2.24) is 19.6 Å². The number of anilines is 4. The van der Waals surface area contributed by atoms with E-state index in [1.54, 1.807) is 6.07 Å². The highest BCUT2D eigenvalue weighted by Gasteiger charge is 2.50. The average Bonchev–Trinajstić information content (AvgIpc) is 4.01. The molecule has 5 fully saturated rings. The van der Waals surface area contributed by atoms with Crippen LogP contribution in [0.5, 0.6) is 5.88 Å². The predicted octanol–water partition coefficient (Wildman–Crippen LogP) is 9.59. The molecule has 2 aromatic heterocycles. The first kappa shape index (κ1) is 48.5. The first-order chi connectivity index (χ1) is 34.6. The molecule has 17 heteroatoms. The van der Waals surface area contributed by atoms with Crippen molar-refractivity contribution in [3.8, 4) is 5.88 Å². The van der Waals surface area contributed by atoms with E-state index in [9.17, 15) is 28.4 Å². The number of aliphatic hydroxyl groups is 1. The van der Waals surface area contributed by atoms with Gasteiger partial charge in [0.2, 0.25) is 5.88 Å². The maximum Gasteiger partial charge on any atom is 0.293 e. The van der Waals surface area contributed by atoms with Crippen molar-refractivity contribution >= 4 is 55.4 Å². The Morgan fingerprint density at radius 1 is 0.972 bits per heavy atom. The minimum Gasteiger partial charge on any atom is -0.470 e. The van der Waals surface area contributed by atoms with Gasteiger partial charge in [0.15, 0.2) is 0 Å². The minimum atomic E-state index is -4.61. The van der Waals surface area contributed by atoms with Gasteiger partial charge in [0.05, 0.1) is 33.3 Å². The number of likely N-dealkylation sites (tertiary alicyclic amines) is 1. The molecule has 382 valence electrons. The number of rotatable bonds is 12. The van der Waals surface area contributed by atoms with E-state index < -0.39 is 37.0 Å². The van der Waals surface area contributed by atoms with Crippen LogP contribution in [0.2, 0.25) is 0 Å². The second kappa shape index (κ2) is 19.3. The van der Waals surface area contributed by atoms with Crippen LogP contribution in [0.25, 0.3) is 11.0 Å². The first-order valence-corrected chi connectivity index (χ1v) is 27.7. The fourth-order valence-electron chi connectivity index (χ4n) is 12.9. The van der Waals surface area contributed by atoms with Crippen molar-refractivity contribution in [2.75, 3.05) is 61.1 Å². The number of ether oxygens (including phenoxy) is 2. The predicted molar refractivity (Wildman–Crippen MR) is 278 cm³/mol. The monoisotopic (exact) mass is 1000 g/mol. The van der Waals surface area contributed by atoms with Crippen LogP contribution >= 0.6 is 0 Å². The zero-order chi connectivity index (χ0) is 49.9. The number of aromatic amines is 1. The fourth-order valence-corrected chi connectivity index (χ4v) is 13.8. The highest BCUT2D eigenvalue weighted by molar-refractivity contribution is 7.90. The molecular weight excluding hydrogens is 933 g/mol. The van der Waals surface area contributed by atoms with E-state index in [2.05, 4.69) is 67.8 Å². The Morgan fingerprint density at radius 3 is 2.54 bits per heavy atom. The van der Waals surface area contributed by atoms with Crippen LogP contribution in [0.1, 0.15) is 125 Å². The topological polar surface area (TPSA) is 195 Å². The normalized spacial score (nSPS) is 25.6. The number of H-pyrrole nitrogens is 1. The van der Waals surface area contributed by atoms with Gasteiger partial charge >= 0.3 is 0 Å². The lowest BCUT2D eigenvalue weighted by atomic mass is 9.59. The van der Waals surface area contributed by atoms with Crippen LogP contribution in [-0.4, -0.2) is 103 Å². The summed E-state index contributed by atoms with van der Waals surface area (Å²) in [5, 5.41) is 26.8. The van der Waals surface area contributed by atoms with Gasteiger partial charge in [-0.2, -0.15) is 4.98 Å². The Kier molecular flexibility index (Phi) is 13.0. The van der Waals surface area contributed by atoms with Gasteiger partial charge in [-0.15, -0.1) is 0 Å². The maximum atomic E-state index is 14.7. The summed E-state index contributed by atoms with van der Waals surface area (Å²) in [6.45, 7) is 11.1. The largest absolute Gasteiger partial charge is 0.470 e. The first-order valence-electron chi connectivity index (χ1n) is 26.2. The Balaban J connectivity index is 0.865. The number of nitrogens with zero attached hydrogens (tertiary/aromatic N) is 5. The lowest BCUT2D eigenvalue weighted by molar-refractivity contribution is -0.384. The number of amides is 1. The number of aromatic nitrogens is 2. The van der Waals surface area contributed by atoms with Crippen molar-refractivity contribution in [3.63, 3.8) is 0 Å². The molecule has 4 aliphatic heterocycles. The van der Waals surface area contributed by atoms with Crippen LogP contribution < -0.4 is 24.6 Å². The number of carbonyl (C=O) groups is 1. The average molecular weight is 1000 g/mol. The molecule has 3 saturated heterocycles. The zero-order valence-electron chi connectivity index (χ0n) is 41.6. The number of benzene rings is 3. The van der Waals surface area contributed by atoms with Crippen molar-refractivity contribution in [1.29, 1.82) is 0 Å². The van der Waals surface area contributed by atoms with Crippen LogP contribution in [0.15, 0.2) is 83.9 Å². The highest BCUT2D eigenvalue weighted by atomic mass is 32.2. The van der Waals surface area contributed by atoms with Gasteiger partial charge in [0.1, 0.15) is 23.1 Å². The summed E-state index contributed by atoms with van der Waals surface area (Å²) in [5.74, 6) is 0.213. The summed E-state index contributed by atoms with van der Waals surface area (Å²) in [7, 11) is -4.61. The molecular formula is C55H68N8O8S. The van der Waals surface area contributed by atoms with Crippen molar-refractivity contribution < 1.29 is 32.7 Å². The lowest BCUT2D eigenvalue weighted by Gasteiger charge is -2.56. The third kappa shape index (κ3) is 9.53. The lowest BCUT2D eigenvalue weighted by Crippen LogP contribution is -2.55. The molecule has 1 spiro atoms. The summed E-state index contributed by atoms with van der Waals surface area (Å²) >= 11 is 0. The van der Waals surface area contributed by atoms with Crippen LogP contribution in [0.4, 0.5) is 28.4 Å². The van der Waals surface area contributed by atoms with Gasteiger partial charge in [0, 0.05) is 74.1 Å². The quantitative estimate of drug-likeness (QED) is 0.0682. The molecule has 11 rings (SSSR count). The number of nitro benzene ring substituents is 1. The van der Waals surface area contributed by atoms with Gasteiger partial charge in [0.25, 0.3) is 21.6 Å². The van der Waals surface area contributed by atoms with Crippen LogP contribution in [0.3, 0.4) is 0 Å². The fraction of sp³-hybridized carbons (Fsp3) is 0.527. The summed E-state index contributed by atoms with van der Waals surface area (Å²) in [5.41, 5.74) is 5.18. The Bertz CT molecular complexity index is 2950. The molecule has 0 radical (unpaired) electrons. The van der Waals surface area contributed by atoms with Gasteiger partial charge in [-0.05, 0) is 155 Å². The van der Waals surface area contributed by atoms with Crippen molar-refractivity contribution in [2.24, 2.45) is 17.3 Å². The van der Waals surface area contributed by atoms with Gasteiger partial charge < -0.3 is 34.7 Å². The minimum absolute atomic E-state index is 0.00530. The molecule has 6 aliphatic rings. The van der Waals surface area contributed by atoms with Crippen molar-refractivity contribution in [2.45, 2.75) is 126 Å². The number of fused-ring (bicyclic) bond motifs is 3. The Morgan fingerprint density at radius 2 is 1.76 bits per heavy atom. The SMILES string of the molecule is CC(C)c1ccccc1[C@@H]1CCCN1C1CC2(CCN(c3ccc(C(=O)NS(=O)(=O)c4ccc(NCC5CCC(C)(O)CC5)c([N+](=O)[O-])c4)c(N4C[C@H]5CCOC[C@@H]5Oc5nc6[nH]ccc6cc54)c3)CC2)C1. The number of carbonyl (C=O) groups excluding carboxylic acids is 1. The molecule has 2 saturated carbocycles. The molecule has 2 aliphatic carbocycles. The molecule has 3 aromatic carbocycles. The number of hydrogen-bond donors (Lipinski definition) is 4. The number of hydrogen-bond acceptors (Lipinski definition) is 13. The molecule has 0 bridgehead atoms. The van der Waals surface area contributed by atoms with Gasteiger partial charge in [-0.3, -0.25) is 19.8 Å². The molecule has 6 heterocycles. The molecule has 3 atom stereocenters. The molecule has 72 heavy (non-hydrogen) atoms. The summed E-state index contributed by atoms with van der Waals surface area (Å²) in [4.78, 5) is 41.4. The van der Waals surface area contributed by atoms with Crippen LogP contribution in [-0.2, 0) is 14.8 Å². The second-order valence-corrected chi connectivity index (χ2v) is 23.9. The second-order valence-electron chi connectivity index (χ2n) is 22.2. The smallest absolute Gasteiger partial charge is 0.293 e. The van der Waals surface area contributed by atoms with E-state index in [-0.39, 0.29) is 34.6 Å². The van der Waals surface area contributed by atoms with Crippen LogP contribution in [0, 0.1) is 27.4 Å². The number of nitrogens with one attached hydrogen (secondary N) is 3. The third-order valence-electron chi connectivity index (χ3n) is 17.1. The Labute approximate surface area is 422 Å². The maximum absolute atomic E-state index is 14.7. The van der Waals surface area contributed by atoms with E-state index in [0.29, 0.717) is 86.5 Å². The van der Waals surface area contributed by atoms with Crippen molar-refractivity contribution in [3.05, 3.63) is 106 Å². The molecule has 4 N–H and O–H groups in total. The van der Waals surface area contributed by atoms with Gasteiger partial charge in [-0.1, -0.05) is 38.1 Å². The number of pyridine rings is 1. The number of nitro groups is 1. The highest BCUT2D eigenvalue weighted by Crippen LogP contribution is 2.55. The van der Waals surface area contributed by atoms with E-state index in [4.69, 9.17) is 14.5 Å². The standard InChI is InChI=1S/C55H68N8O8S/c1-35(2)42-7-4-5-8-43(42)46-9-6-23-61(46)40-30-55(31-40)20-24-60(25-21-55)39-10-12-44(47(28-39)62-33-38-17-26-70-34-50(38)71-53-49(62)27-37-16-22-56-51(37)58-53)52(64)59-72(68,69)41-11-13-45(48(29-41)63(66)67)57-32-36-14-18-54(3,65)19-15-36/h4-5,7-8,10-13,16,22,27-29,35-36,38,40,46,50,57,65H,6,9,14-15,17-21,23-26,30-34H2,1-3H3,(H,56,58)(H,59,64)/t36?,38-,46+,50+,54?/m1/s1. The summed E-state index contributed by atoms with van der Waals surface area (Å²) < 4.78 is 43.2. The van der Waals surface area contributed by atoms with Gasteiger partial charge in [-0.25, -0.2) is 13.1 Å². The molecule has 16 nitrogen and oxygen atoms in total. The van der Waals surface area contributed by atoms with E-state index in [1.807, 2.05) is 37.4 Å². The molecule has 0 unspecified atom stereocenters. The third-order valence-corrected chi connectivity index (χ3v) is 18.5. The molecule has 1 amide bonds.